The van der Waals surface area contributed by atoms with Crippen LogP contribution in [0.3, 0.4) is 0 Å². The normalized spacial score (nSPS) is 10.5. The van der Waals surface area contributed by atoms with Gasteiger partial charge in [0.15, 0.2) is 0 Å². The van der Waals surface area contributed by atoms with Crippen molar-refractivity contribution in [2.45, 2.75) is 0 Å². The number of rotatable bonds is 1. The van der Waals surface area contributed by atoms with Gasteiger partial charge in [-0.25, -0.2) is 4.39 Å². The molecule has 0 spiro atoms. The van der Waals surface area contributed by atoms with Crippen LogP contribution >= 0.6 is 23.2 Å². The molecule has 2 aromatic rings. The predicted octanol–water partition coefficient (Wildman–Crippen LogP) is 3.79. The number of hydrogen-bond acceptors (Lipinski definition) is 2. The van der Waals surface area contributed by atoms with Crippen molar-refractivity contribution in [2.24, 2.45) is 0 Å². The van der Waals surface area contributed by atoms with Gasteiger partial charge in [0.1, 0.15) is 11.5 Å². The number of aromatic nitrogens is 1. The standard InChI is InChI=1S/C9H4Cl2FNO/c10-6-2-1-5(3-7(6)12)8-4-9(11)14-13-8/h1-4H. The monoisotopic (exact) mass is 231 g/mol. The highest BCUT2D eigenvalue weighted by molar-refractivity contribution is 6.30. The molecule has 0 N–H and O–H groups in total. The zero-order chi connectivity index (χ0) is 10.1. The van der Waals surface area contributed by atoms with Crippen LogP contribution < -0.4 is 0 Å². The molecule has 0 aliphatic carbocycles. The van der Waals surface area contributed by atoms with E-state index in [0.29, 0.717) is 11.3 Å². The molecule has 5 heteroatoms. The highest BCUT2D eigenvalue weighted by Gasteiger charge is 2.07. The van der Waals surface area contributed by atoms with Crippen molar-refractivity contribution in [1.82, 2.24) is 5.16 Å². The van der Waals surface area contributed by atoms with Gasteiger partial charge in [0.05, 0.1) is 5.02 Å². The van der Waals surface area contributed by atoms with Crippen molar-refractivity contribution >= 4 is 23.2 Å². The molecule has 1 aromatic heterocycles. The van der Waals surface area contributed by atoms with Gasteiger partial charge in [0.2, 0.25) is 5.22 Å². The lowest BCUT2D eigenvalue weighted by molar-refractivity contribution is 0.424. The quantitative estimate of drug-likeness (QED) is 0.747. The van der Waals surface area contributed by atoms with Crippen molar-refractivity contribution in [1.29, 1.82) is 0 Å². The van der Waals surface area contributed by atoms with Gasteiger partial charge in [-0.1, -0.05) is 22.8 Å². The minimum absolute atomic E-state index is 0.0725. The van der Waals surface area contributed by atoms with Crippen molar-refractivity contribution in [3.05, 3.63) is 40.3 Å². The first-order chi connectivity index (χ1) is 6.66. The van der Waals surface area contributed by atoms with E-state index in [1.54, 1.807) is 6.07 Å². The SMILES string of the molecule is Fc1cc(-c2cc(Cl)on2)ccc1Cl. The highest BCUT2D eigenvalue weighted by Crippen LogP contribution is 2.25. The maximum atomic E-state index is 13.0. The van der Waals surface area contributed by atoms with Gasteiger partial charge in [0.25, 0.3) is 0 Å². The van der Waals surface area contributed by atoms with Crippen molar-refractivity contribution < 1.29 is 8.91 Å². The number of nitrogens with zero attached hydrogens (tertiary/aromatic N) is 1. The summed E-state index contributed by atoms with van der Waals surface area (Å²) >= 11 is 11.1. The Balaban J connectivity index is 2.47. The zero-order valence-electron chi connectivity index (χ0n) is 6.80. The van der Waals surface area contributed by atoms with Crippen LogP contribution in [0.1, 0.15) is 0 Å². The Hall–Kier alpha value is -1.06. The summed E-state index contributed by atoms with van der Waals surface area (Å²) in [5.41, 5.74) is 1.05. The van der Waals surface area contributed by atoms with Gasteiger partial charge in [0, 0.05) is 11.6 Å². The van der Waals surface area contributed by atoms with Gasteiger partial charge in [-0.2, -0.15) is 0 Å². The minimum Gasteiger partial charge on any atom is -0.344 e. The van der Waals surface area contributed by atoms with E-state index in [9.17, 15) is 4.39 Å². The van der Waals surface area contributed by atoms with Gasteiger partial charge in [-0.3, -0.25) is 0 Å². The van der Waals surface area contributed by atoms with E-state index in [1.165, 1.54) is 18.2 Å². The molecule has 0 amide bonds. The topological polar surface area (TPSA) is 26.0 Å². The Kier molecular flexibility index (Phi) is 2.44. The fourth-order valence-electron chi connectivity index (χ4n) is 1.04. The summed E-state index contributed by atoms with van der Waals surface area (Å²) in [6.45, 7) is 0. The molecular weight excluding hydrogens is 228 g/mol. The molecule has 2 rings (SSSR count). The Bertz CT molecular complexity index is 470. The molecule has 0 saturated carbocycles. The largest absolute Gasteiger partial charge is 0.344 e. The predicted molar refractivity (Wildman–Crippen MR) is 51.9 cm³/mol. The molecule has 72 valence electrons. The van der Waals surface area contributed by atoms with Gasteiger partial charge in [-0.05, 0) is 23.7 Å². The Morgan fingerprint density at radius 3 is 2.57 bits per heavy atom. The van der Waals surface area contributed by atoms with Gasteiger partial charge < -0.3 is 4.52 Å². The van der Waals surface area contributed by atoms with Crippen LogP contribution in [-0.2, 0) is 0 Å². The molecule has 1 heterocycles. The summed E-state index contributed by atoms with van der Waals surface area (Å²) in [6.07, 6.45) is 0. The molecule has 0 aliphatic heterocycles. The van der Waals surface area contributed by atoms with Crippen LogP contribution in [0.2, 0.25) is 10.2 Å². The average molecular weight is 232 g/mol. The van der Waals surface area contributed by atoms with E-state index in [0.717, 1.165) is 0 Å². The van der Waals surface area contributed by atoms with Crippen LogP contribution in [0, 0.1) is 5.82 Å². The van der Waals surface area contributed by atoms with E-state index in [-0.39, 0.29) is 10.2 Å². The summed E-state index contributed by atoms with van der Waals surface area (Å²) in [5, 5.41) is 3.88. The molecule has 0 radical (unpaired) electrons. The summed E-state index contributed by atoms with van der Waals surface area (Å²) in [6, 6.07) is 5.87. The molecule has 0 unspecified atom stereocenters. The highest BCUT2D eigenvalue weighted by atomic mass is 35.5. The van der Waals surface area contributed by atoms with Crippen molar-refractivity contribution in [2.75, 3.05) is 0 Å². The van der Waals surface area contributed by atoms with Crippen LogP contribution in [0.15, 0.2) is 28.8 Å². The summed E-state index contributed by atoms with van der Waals surface area (Å²) < 4.78 is 17.7. The number of halogens is 3. The third-order valence-corrected chi connectivity index (χ3v) is 2.18. The second-order valence-corrected chi connectivity index (χ2v) is 3.42. The Morgan fingerprint density at radius 2 is 2.00 bits per heavy atom. The molecular formula is C9H4Cl2FNO. The summed E-state index contributed by atoms with van der Waals surface area (Å²) in [4.78, 5) is 0. The smallest absolute Gasteiger partial charge is 0.226 e. The molecule has 1 aromatic carbocycles. The maximum Gasteiger partial charge on any atom is 0.226 e. The lowest BCUT2D eigenvalue weighted by Gasteiger charge is -1.96. The lowest BCUT2D eigenvalue weighted by Crippen LogP contribution is -1.80. The van der Waals surface area contributed by atoms with E-state index >= 15 is 0 Å². The van der Waals surface area contributed by atoms with Crippen LogP contribution in [0.25, 0.3) is 11.3 Å². The van der Waals surface area contributed by atoms with Gasteiger partial charge in [-0.15, -0.1) is 0 Å². The van der Waals surface area contributed by atoms with E-state index in [2.05, 4.69) is 9.68 Å². The number of hydrogen-bond donors (Lipinski definition) is 0. The first-order valence-electron chi connectivity index (χ1n) is 3.74. The van der Waals surface area contributed by atoms with Crippen molar-refractivity contribution in [3.8, 4) is 11.3 Å². The van der Waals surface area contributed by atoms with Crippen LogP contribution in [0.5, 0.6) is 0 Å². The third-order valence-electron chi connectivity index (χ3n) is 1.70. The molecule has 2 nitrogen and oxygen atoms in total. The molecule has 0 aliphatic rings. The van der Waals surface area contributed by atoms with Crippen LogP contribution in [-0.4, -0.2) is 5.16 Å². The molecule has 0 atom stereocenters. The molecule has 0 bridgehead atoms. The first-order valence-corrected chi connectivity index (χ1v) is 4.50. The van der Waals surface area contributed by atoms with E-state index in [4.69, 9.17) is 23.2 Å². The zero-order valence-corrected chi connectivity index (χ0v) is 8.31. The van der Waals surface area contributed by atoms with Gasteiger partial charge >= 0.3 is 0 Å². The number of benzene rings is 1. The summed E-state index contributed by atoms with van der Waals surface area (Å²) in [7, 11) is 0. The second-order valence-electron chi connectivity index (χ2n) is 2.65. The van der Waals surface area contributed by atoms with E-state index in [1.807, 2.05) is 0 Å². The minimum atomic E-state index is -0.497. The summed E-state index contributed by atoms with van der Waals surface area (Å²) in [5.74, 6) is -0.497. The Labute approximate surface area is 89.2 Å². The lowest BCUT2D eigenvalue weighted by atomic mass is 10.1. The van der Waals surface area contributed by atoms with E-state index < -0.39 is 5.82 Å². The molecule has 0 saturated heterocycles. The fraction of sp³-hybridized carbons (Fsp3) is 0. The Morgan fingerprint density at radius 1 is 1.21 bits per heavy atom. The maximum absolute atomic E-state index is 13.0. The van der Waals surface area contributed by atoms with Crippen molar-refractivity contribution in [3.63, 3.8) is 0 Å². The molecule has 0 fully saturated rings. The second kappa shape index (κ2) is 3.59. The third kappa shape index (κ3) is 1.74. The van der Waals surface area contributed by atoms with Crippen LogP contribution in [0.4, 0.5) is 4.39 Å². The fourth-order valence-corrected chi connectivity index (χ4v) is 1.30. The first kappa shape index (κ1) is 9.49. The molecule has 14 heavy (non-hydrogen) atoms. The average Bonchev–Trinajstić information content (AvgIpc) is 2.57.